The number of nitrogens with one attached hydrogen (secondary N) is 1. The van der Waals surface area contributed by atoms with Crippen LogP contribution in [-0.4, -0.2) is 41.6 Å². The minimum absolute atomic E-state index is 0.180. The lowest BCUT2D eigenvalue weighted by Gasteiger charge is -2.22. The lowest BCUT2D eigenvalue weighted by atomic mass is 10.0. The highest BCUT2D eigenvalue weighted by molar-refractivity contribution is 5.76. The number of nitrogens with zero attached hydrogens (tertiary/aromatic N) is 1. The lowest BCUT2D eigenvalue weighted by molar-refractivity contribution is -0.141. The van der Waals surface area contributed by atoms with Crippen molar-refractivity contribution < 1.29 is 14.7 Å². The van der Waals surface area contributed by atoms with E-state index in [0.29, 0.717) is 19.5 Å². The summed E-state index contributed by atoms with van der Waals surface area (Å²) < 4.78 is 0. The van der Waals surface area contributed by atoms with Gasteiger partial charge in [-0.2, -0.15) is 0 Å². The number of hydrogen-bond donors (Lipinski definition) is 2. The first-order valence-corrected chi connectivity index (χ1v) is 6.43. The monoisotopic (exact) mass is 256 g/mol. The van der Waals surface area contributed by atoms with E-state index in [-0.39, 0.29) is 12.6 Å². The number of carbonyl (C=O) groups excluding carboxylic acids is 1. The second-order valence-electron chi connectivity index (χ2n) is 4.24. The molecule has 0 aliphatic heterocycles. The Labute approximate surface area is 109 Å². The van der Waals surface area contributed by atoms with E-state index in [0.717, 1.165) is 12.8 Å². The zero-order valence-corrected chi connectivity index (χ0v) is 11.3. The van der Waals surface area contributed by atoms with Crippen molar-refractivity contribution in [3.05, 3.63) is 12.7 Å². The second kappa shape index (κ2) is 9.50. The van der Waals surface area contributed by atoms with Crippen molar-refractivity contribution in [3.63, 3.8) is 0 Å². The summed E-state index contributed by atoms with van der Waals surface area (Å²) in [5, 5.41) is 11.7. The van der Waals surface area contributed by atoms with Crippen LogP contribution in [0.4, 0.5) is 4.79 Å². The Morgan fingerprint density at radius 1 is 1.39 bits per heavy atom. The summed E-state index contributed by atoms with van der Waals surface area (Å²) in [7, 11) is 0. The summed E-state index contributed by atoms with van der Waals surface area (Å²) in [5.74, 6) is -1.37. The Morgan fingerprint density at radius 2 is 2.06 bits per heavy atom. The maximum absolute atomic E-state index is 11.8. The molecule has 0 rings (SSSR count). The number of carboxylic acids is 1. The van der Waals surface area contributed by atoms with Gasteiger partial charge in [0.05, 0.1) is 5.92 Å². The second-order valence-corrected chi connectivity index (χ2v) is 4.24. The Balaban J connectivity index is 4.26. The Hall–Kier alpha value is -1.52. The number of carboxylic acid groups (broad SMARTS) is 1. The standard InChI is InChI=1S/C13H24N2O3/c1-4-7-11(12(16)17)10-14-13(18)15(8-5-2)9-6-3/h5,11H,2,4,6-10H2,1,3H3,(H,14,18)(H,16,17). The highest BCUT2D eigenvalue weighted by atomic mass is 16.4. The van der Waals surface area contributed by atoms with E-state index in [4.69, 9.17) is 5.11 Å². The van der Waals surface area contributed by atoms with Crippen LogP contribution in [0.3, 0.4) is 0 Å². The molecule has 2 amide bonds. The molecule has 1 unspecified atom stereocenters. The fourth-order valence-electron chi connectivity index (χ4n) is 1.69. The van der Waals surface area contributed by atoms with E-state index < -0.39 is 11.9 Å². The molecule has 2 N–H and O–H groups in total. The molecule has 0 aromatic heterocycles. The Morgan fingerprint density at radius 3 is 2.50 bits per heavy atom. The number of hydrogen-bond acceptors (Lipinski definition) is 2. The summed E-state index contributed by atoms with van der Waals surface area (Å²) in [4.78, 5) is 24.4. The summed E-state index contributed by atoms with van der Waals surface area (Å²) in [6.07, 6.45) is 3.89. The molecule has 104 valence electrons. The third-order valence-corrected chi connectivity index (χ3v) is 2.62. The third-order valence-electron chi connectivity index (χ3n) is 2.62. The van der Waals surface area contributed by atoms with E-state index in [1.807, 2.05) is 13.8 Å². The maximum Gasteiger partial charge on any atom is 0.317 e. The van der Waals surface area contributed by atoms with Crippen molar-refractivity contribution in [2.24, 2.45) is 5.92 Å². The fraction of sp³-hybridized carbons (Fsp3) is 0.692. The SMILES string of the molecule is C=CCN(CCC)C(=O)NCC(CCC)C(=O)O. The average Bonchev–Trinajstić information content (AvgIpc) is 2.33. The smallest absolute Gasteiger partial charge is 0.317 e. The summed E-state index contributed by atoms with van der Waals surface area (Å²) in [6, 6.07) is -0.223. The lowest BCUT2D eigenvalue weighted by Crippen LogP contribution is -2.43. The van der Waals surface area contributed by atoms with Gasteiger partial charge < -0.3 is 15.3 Å². The predicted molar refractivity (Wildman–Crippen MR) is 71.5 cm³/mol. The van der Waals surface area contributed by atoms with Crippen LogP contribution in [0.15, 0.2) is 12.7 Å². The van der Waals surface area contributed by atoms with Crippen molar-refractivity contribution in [2.45, 2.75) is 33.1 Å². The highest BCUT2D eigenvalue weighted by Crippen LogP contribution is 2.05. The van der Waals surface area contributed by atoms with E-state index in [2.05, 4.69) is 11.9 Å². The van der Waals surface area contributed by atoms with Gasteiger partial charge in [-0.15, -0.1) is 6.58 Å². The average molecular weight is 256 g/mol. The molecule has 0 aromatic rings. The molecule has 0 heterocycles. The molecule has 0 saturated heterocycles. The van der Waals surface area contributed by atoms with Gasteiger partial charge >= 0.3 is 12.0 Å². The van der Waals surface area contributed by atoms with Gasteiger partial charge in [0, 0.05) is 19.6 Å². The van der Waals surface area contributed by atoms with Crippen LogP contribution in [0, 0.1) is 5.92 Å². The first-order chi connectivity index (χ1) is 8.56. The molecular formula is C13H24N2O3. The van der Waals surface area contributed by atoms with Crippen LogP contribution >= 0.6 is 0 Å². The van der Waals surface area contributed by atoms with Crippen LogP contribution in [0.5, 0.6) is 0 Å². The summed E-state index contributed by atoms with van der Waals surface area (Å²) >= 11 is 0. The van der Waals surface area contributed by atoms with Crippen LogP contribution in [0.2, 0.25) is 0 Å². The van der Waals surface area contributed by atoms with Crippen LogP contribution in [-0.2, 0) is 4.79 Å². The number of amides is 2. The van der Waals surface area contributed by atoms with E-state index in [1.165, 1.54) is 0 Å². The van der Waals surface area contributed by atoms with Gasteiger partial charge in [0.25, 0.3) is 0 Å². The van der Waals surface area contributed by atoms with Gasteiger partial charge in [-0.3, -0.25) is 4.79 Å². The summed E-state index contributed by atoms with van der Waals surface area (Å²) in [5.41, 5.74) is 0. The molecule has 0 aliphatic carbocycles. The van der Waals surface area contributed by atoms with E-state index >= 15 is 0 Å². The van der Waals surface area contributed by atoms with Gasteiger partial charge in [-0.25, -0.2) is 4.79 Å². The third kappa shape index (κ3) is 6.27. The van der Waals surface area contributed by atoms with E-state index in [1.54, 1.807) is 11.0 Å². The topological polar surface area (TPSA) is 69.6 Å². The van der Waals surface area contributed by atoms with Gasteiger partial charge in [0.15, 0.2) is 0 Å². The number of carbonyl (C=O) groups is 2. The van der Waals surface area contributed by atoms with Crippen LogP contribution in [0.25, 0.3) is 0 Å². The molecule has 1 atom stereocenters. The molecule has 0 radical (unpaired) electrons. The first kappa shape index (κ1) is 16.5. The number of rotatable bonds is 9. The number of urea groups is 1. The molecule has 5 nitrogen and oxygen atoms in total. The molecule has 0 saturated carbocycles. The van der Waals surface area contributed by atoms with Crippen molar-refractivity contribution >= 4 is 12.0 Å². The molecule has 18 heavy (non-hydrogen) atoms. The zero-order chi connectivity index (χ0) is 14.0. The van der Waals surface area contributed by atoms with Crippen molar-refractivity contribution in [2.75, 3.05) is 19.6 Å². The molecule has 0 fully saturated rings. The molecule has 0 aliphatic rings. The Kier molecular flexibility index (Phi) is 8.70. The van der Waals surface area contributed by atoms with Gasteiger partial charge in [0.1, 0.15) is 0 Å². The largest absolute Gasteiger partial charge is 0.481 e. The minimum Gasteiger partial charge on any atom is -0.481 e. The number of aliphatic carboxylic acids is 1. The molecular weight excluding hydrogens is 232 g/mol. The van der Waals surface area contributed by atoms with Crippen molar-refractivity contribution in [1.29, 1.82) is 0 Å². The molecule has 0 spiro atoms. The molecule has 0 aromatic carbocycles. The van der Waals surface area contributed by atoms with Gasteiger partial charge in [-0.05, 0) is 12.8 Å². The van der Waals surface area contributed by atoms with Crippen LogP contribution < -0.4 is 5.32 Å². The zero-order valence-electron chi connectivity index (χ0n) is 11.3. The fourth-order valence-corrected chi connectivity index (χ4v) is 1.69. The predicted octanol–water partition coefficient (Wildman–Crippen LogP) is 2.09. The Bertz CT molecular complexity index is 279. The quantitative estimate of drug-likeness (QED) is 0.621. The highest BCUT2D eigenvalue weighted by Gasteiger charge is 2.18. The van der Waals surface area contributed by atoms with Gasteiger partial charge in [-0.1, -0.05) is 26.3 Å². The summed E-state index contributed by atoms with van der Waals surface area (Å²) in [6.45, 7) is 8.82. The molecule has 5 heteroatoms. The van der Waals surface area contributed by atoms with Gasteiger partial charge in [0.2, 0.25) is 0 Å². The van der Waals surface area contributed by atoms with Crippen LogP contribution in [0.1, 0.15) is 33.1 Å². The van der Waals surface area contributed by atoms with Crippen molar-refractivity contribution in [3.8, 4) is 0 Å². The van der Waals surface area contributed by atoms with Crippen molar-refractivity contribution in [1.82, 2.24) is 10.2 Å². The normalized spacial score (nSPS) is 11.7. The maximum atomic E-state index is 11.8. The first-order valence-electron chi connectivity index (χ1n) is 6.43. The van der Waals surface area contributed by atoms with E-state index in [9.17, 15) is 9.59 Å². The molecule has 0 bridgehead atoms. The minimum atomic E-state index is -0.858.